The summed E-state index contributed by atoms with van der Waals surface area (Å²) in [5.74, 6) is -2.13. The topological polar surface area (TPSA) is 12.9 Å². The zero-order chi connectivity index (χ0) is 17.1. The molecular formula is C20H22F3N. The van der Waals surface area contributed by atoms with Crippen LogP contribution in [0.1, 0.15) is 56.9 Å². The predicted molar refractivity (Wildman–Crippen MR) is 89.2 cm³/mol. The second kappa shape index (κ2) is 7.37. The van der Waals surface area contributed by atoms with Crippen LogP contribution in [-0.4, -0.2) is 4.98 Å². The fourth-order valence-electron chi connectivity index (χ4n) is 3.78. The number of pyridine rings is 1. The highest BCUT2D eigenvalue weighted by Gasteiger charge is 2.22. The van der Waals surface area contributed by atoms with E-state index in [0.29, 0.717) is 11.5 Å². The third kappa shape index (κ3) is 3.63. The lowest BCUT2D eigenvalue weighted by Crippen LogP contribution is -2.13. The van der Waals surface area contributed by atoms with Crippen LogP contribution >= 0.6 is 0 Å². The zero-order valence-electron chi connectivity index (χ0n) is 13.9. The third-order valence-corrected chi connectivity index (χ3v) is 5.12. The smallest absolute Gasteiger partial charge is 0.202 e. The van der Waals surface area contributed by atoms with E-state index >= 15 is 0 Å². The van der Waals surface area contributed by atoms with Crippen molar-refractivity contribution in [3.8, 4) is 11.1 Å². The van der Waals surface area contributed by atoms with Crippen molar-refractivity contribution in [2.24, 2.45) is 5.92 Å². The molecule has 1 fully saturated rings. The Morgan fingerprint density at radius 3 is 2.25 bits per heavy atom. The Morgan fingerprint density at radius 2 is 1.62 bits per heavy atom. The fourth-order valence-corrected chi connectivity index (χ4v) is 3.78. The summed E-state index contributed by atoms with van der Waals surface area (Å²) in [4.78, 5) is 2.98. The largest absolute Gasteiger partial charge is 0.251 e. The Bertz CT molecular complexity index is 689. The summed E-state index contributed by atoms with van der Waals surface area (Å²) in [5, 5.41) is 0. The summed E-state index contributed by atoms with van der Waals surface area (Å²) in [6.07, 6.45) is 7.46. The Labute approximate surface area is 140 Å². The molecule has 0 bridgehead atoms. The van der Waals surface area contributed by atoms with Crippen molar-refractivity contribution < 1.29 is 13.2 Å². The molecule has 1 aliphatic rings. The van der Waals surface area contributed by atoms with Gasteiger partial charge in [-0.3, -0.25) is 0 Å². The molecule has 1 saturated carbocycles. The summed E-state index contributed by atoms with van der Waals surface area (Å²) < 4.78 is 40.0. The third-order valence-electron chi connectivity index (χ3n) is 5.12. The van der Waals surface area contributed by atoms with Gasteiger partial charge in [-0.25, -0.2) is 4.39 Å². The lowest BCUT2D eigenvalue weighted by Gasteiger charge is -2.28. The molecule has 0 spiro atoms. The predicted octanol–water partition coefficient (Wildman–Crippen LogP) is 6.24. The Hall–Kier alpha value is -1.84. The number of hydrogen-bond acceptors (Lipinski definition) is 1. The van der Waals surface area contributed by atoms with E-state index in [1.54, 1.807) is 12.1 Å². The summed E-state index contributed by atoms with van der Waals surface area (Å²) in [7, 11) is 0. The molecule has 1 aromatic carbocycles. The van der Waals surface area contributed by atoms with Crippen LogP contribution in [0.15, 0.2) is 30.3 Å². The number of nitrogens with zero attached hydrogens (tertiary/aromatic N) is 1. The molecule has 1 aliphatic carbocycles. The minimum atomic E-state index is -1.41. The second-order valence-corrected chi connectivity index (χ2v) is 6.73. The van der Waals surface area contributed by atoms with E-state index < -0.39 is 17.7 Å². The van der Waals surface area contributed by atoms with Gasteiger partial charge in [-0.2, -0.15) is 13.8 Å². The van der Waals surface area contributed by atoms with E-state index in [-0.39, 0.29) is 5.56 Å². The SMILES string of the molecule is CCC[C@H]1CC[C@H](c2ccc(-c3cc(F)c(F)nc3F)cc2)CC1. The van der Waals surface area contributed by atoms with Gasteiger partial charge >= 0.3 is 0 Å². The van der Waals surface area contributed by atoms with E-state index in [0.717, 1.165) is 12.0 Å². The summed E-state index contributed by atoms with van der Waals surface area (Å²) in [6.45, 7) is 2.23. The molecule has 0 N–H and O–H groups in total. The van der Waals surface area contributed by atoms with E-state index in [4.69, 9.17) is 0 Å². The molecule has 1 aromatic heterocycles. The molecular weight excluding hydrogens is 311 g/mol. The highest BCUT2D eigenvalue weighted by Crippen LogP contribution is 2.38. The molecule has 1 heterocycles. The molecule has 0 saturated heterocycles. The Kier molecular flexibility index (Phi) is 5.22. The summed E-state index contributed by atoms with van der Waals surface area (Å²) >= 11 is 0. The molecule has 0 aliphatic heterocycles. The van der Waals surface area contributed by atoms with Gasteiger partial charge in [0.1, 0.15) is 0 Å². The number of rotatable bonds is 4. The van der Waals surface area contributed by atoms with Crippen LogP contribution in [0.3, 0.4) is 0 Å². The molecule has 0 unspecified atom stereocenters. The number of aromatic nitrogens is 1. The van der Waals surface area contributed by atoms with E-state index in [1.165, 1.54) is 44.1 Å². The van der Waals surface area contributed by atoms with Crippen LogP contribution in [0.5, 0.6) is 0 Å². The lowest BCUT2D eigenvalue weighted by atomic mass is 9.77. The molecule has 3 rings (SSSR count). The van der Waals surface area contributed by atoms with E-state index in [1.807, 2.05) is 12.1 Å². The lowest BCUT2D eigenvalue weighted by molar-refractivity contribution is 0.308. The standard InChI is InChI=1S/C20H22F3N/c1-2-3-13-4-6-14(7-5-13)15-8-10-16(11-9-15)17-12-18(21)20(23)24-19(17)22/h8-14H,2-7H2,1H3/t13-,14-. The van der Waals surface area contributed by atoms with Crippen LogP contribution in [-0.2, 0) is 0 Å². The quantitative estimate of drug-likeness (QED) is 0.604. The van der Waals surface area contributed by atoms with Gasteiger partial charge in [0.2, 0.25) is 5.95 Å². The van der Waals surface area contributed by atoms with E-state index in [2.05, 4.69) is 11.9 Å². The van der Waals surface area contributed by atoms with Crippen LogP contribution in [0, 0.1) is 23.6 Å². The summed E-state index contributed by atoms with van der Waals surface area (Å²) in [5.41, 5.74) is 1.75. The van der Waals surface area contributed by atoms with Crippen molar-refractivity contribution in [3.05, 3.63) is 53.6 Å². The van der Waals surface area contributed by atoms with Crippen LogP contribution < -0.4 is 0 Å². The van der Waals surface area contributed by atoms with Crippen molar-refractivity contribution in [3.63, 3.8) is 0 Å². The maximum absolute atomic E-state index is 13.8. The van der Waals surface area contributed by atoms with Crippen LogP contribution in [0.4, 0.5) is 13.2 Å². The molecule has 0 amide bonds. The molecule has 0 atom stereocenters. The maximum atomic E-state index is 13.8. The first-order valence-electron chi connectivity index (χ1n) is 8.70. The van der Waals surface area contributed by atoms with Gasteiger partial charge in [0.05, 0.1) is 0 Å². The minimum absolute atomic E-state index is 0.00731. The van der Waals surface area contributed by atoms with Gasteiger partial charge in [0, 0.05) is 5.56 Å². The number of halogens is 3. The number of benzene rings is 1. The Morgan fingerprint density at radius 1 is 0.958 bits per heavy atom. The minimum Gasteiger partial charge on any atom is -0.202 e. The van der Waals surface area contributed by atoms with E-state index in [9.17, 15) is 13.2 Å². The van der Waals surface area contributed by atoms with Crippen molar-refractivity contribution in [1.82, 2.24) is 4.98 Å². The molecule has 128 valence electrons. The maximum Gasteiger partial charge on any atom is 0.251 e. The fraction of sp³-hybridized carbons (Fsp3) is 0.450. The summed E-state index contributed by atoms with van der Waals surface area (Å²) in [6, 6.07) is 8.35. The number of hydrogen-bond donors (Lipinski definition) is 0. The first-order valence-corrected chi connectivity index (χ1v) is 8.70. The van der Waals surface area contributed by atoms with Crippen molar-refractivity contribution in [2.75, 3.05) is 0 Å². The molecule has 4 heteroatoms. The highest BCUT2D eigenvalue weighted by atomic mass is 19.2. The van der Waals surface area contributed by atoms with Gasteiger partial charge in [-0.15, -0.1) is 0 Å². The van der Waals surface area contributed by atoms with Gasteiger partial charge < -0.3 is 0 Å². The van der Waals surface area contributed by atoms with Crippen molar-refractivity contribution in [2.45, 2.75) is 51.4 Å². The van der Waals surface area contributed by atoms with Crippen molar-refractivity contribution >= 4 is 0 Å². The van der Waals surface area contributed by atoms with Gasteiger partial charge in [0.25, 0.3) is 5.95 Å². The zero-order valence-corrected chi connectivity index (χ0v) is 13.9. The Balaban J connectivity index is 1.74. The molecule has 1 nitrogen and oxygen atoms in total. The van der Waals surface area contributed by atoms with Crippen molar-refractivity contribution in [1.29, 1.82) is 0 Å². The highest BCUT2D eigenvalue weighted by molar-refractivity contribution is 5.63. The van der Waals surface area contributed by atoms with Crippen LogP contribution in [0.2, 0.25) is 0 Å². The van der Waals surface area contributed by atoms with Gasteiger partial charge in [-0.1, -0.05) is 44.0 Å². The van der Waals surface area contributed by atoms with Gasteiger partial charge in [-0.05, 0) is 54.7 Å². The molecule has 24 heavy (non-hydrogen) atoms. The molecule has 0 radical (unpaired) electrons. The normalized spacial score (nSPS) is 21.0. The average molecular weight is 333 g/mol. The van der Waals surface area contributed by atoms with Gasteiger partial charge in [0.15, 0.2) is 5.82 Å². The second-order valence-electron chi connectivity index (χ2n) is 6.73. The first kappa shape index (κ1) is 17.0. The van der Waals surface area contributed by atoms with Crippen LogP contribution in [0.25, 0.3) is 11.1 Å². The molecule has 2 aromatic rings. The monoisotopic (exact) mass is 333 g/mol. The first-order chi connectivity index (χ1) is 11.6. The average Bonchev–Trinajstić information content (AvgIpc) is 2.59.